The van der Waals surface area contributed by atoms with Gasteiger partial charge in [-0.15, -0.1) is 0 Å². The van der Waals surface area contributed by atoms with Crippen LogP contribution in [0, 0.1) is 0 Å². The Bertz CT molecular complexity index is 901. The number of hydroxylamine groups is 1. The Morgan fingerprint density at radius 1 is 1.10 bits per heavy atom. The maximum Gasteiger partial charge on any atom is 0.433 e. The van der Waals surface area contributed by atoms with E-state index in [9.17, 15) is 9.59 Å². The summed E-state index contributed by atoms with van der Waals surface area (Å²) in [5, 5.41) is 12.0. The Morgan fingerprint density at radius 2 is 1.66 bits per heavy atom. The van der Waals surface area contributed by atoms with Crippen LogP contribution in [-0.2, 0) is 11.3 Å². The molecule has 0 aliphatic carbocycles. The number of urea groups is 1. The average molecular weight is 420 g/mol. The largest absolute Gasteiger partial charge is 0.457 e. The summed E-state index contributed by atoms with van der Waals surface area (Å²) >= 11 is 5.87. The Balaban J connectivity index is 1.71. The number of nitrogens with zero attached hydrogens (tertiary/aromatic N) is 1. The van der Waals surface area contributed by atoms with E-state index in [4.69, 9.17) is 26.3 Å². The molecule has 3 amide bonds. The second-order valence-electron chi connectivity index (χ2n) is 7.31. The predicted octanol–water partition coefficient (Wildman–Crippen LogP) is 4.27. The second kappa shape index (κ2) is 7.81. The fourth-order valence-electron chi connectivity index (χ4n) is 3.05. The quantitative estimate of drug-likeness (QED) is 0.496. The predicted molar refractivity (Wildman–Crippen MR) is 106 cm³/mol. The number of ether oxygens (including phenoxy) is 2. The number of hydrogen-bond donors (Lipinski definition) is 3. The summed E-state index contributed by atoms with van der Waals surface area (Å²) < 4.78 is 11.0. The molecule has 1 atom stereocenters. The van der Waals surface area contributed by atoms with Crippen molar-refractivity contribution in [3.05, 3.63) is 59.1 Å². The Labute approximate surface area is 173 Å². The molecule has 3 N–H and O–H groups in total. The molecule has 1 heterocycles. The van der Waals surface area contributed by atoms with Crippen molar-refractivity contribution in [2.24, 2.45) is 0 Å². The van der Waals surface area contributed by atoms with Crippen molar-refractivity contribution in [2.75, 3.05) is 0 Å². The van der Waals surface area contributed by atoms with E-state index in [0.717, 1.165) is 5.56 Å². The molecule has 2 aromatic rings. The maximum absolute atomic E-state index is 12.5. The van der Waals surface area contributed by atoms with Crippen molar-refractivity contribution < 1.29 is 24.3 Å². The molecule has 0 unspecified atom stereocenters. The van der Waals surface area contributed by atoms with E-state index in [1.54, 1.807) is 62.1 Å². The van der Waals surface area contributed by atoms with Crippen LogP contribution in [0.3, 0.4) is 0 Å². The lowest BCUT2D eigenvalue weighted by Crippen LogP contribution is -2.58. The van der Waals surface area contributed by atoms with E-state index >= 15 is 0 Å². The normalized spacial score (nSPS) is 20.2. The van der Waals surface area contributed by atoms with Gasteiger partial charge in [0.05, 0.1) is 5.54 Å². The number of hydrogen-bond acceptors (Lipinski definition) is 5. The average Bonchev–Trinajstić information content (AvgIpc) is 2.84. The van der Waals surface area contributed by atoms with Gasteiger partial charge >= 0.3 is 12.1 Å². The van der Waals surface area contributed by atoms with Crippen molar-refractivity contribution in [2.45, 2.75) is 38.6 Å². The van der Waals surface area contributed by atoms with Gasteiger partial charge in [0.2, 0.25) is 5.72 Å². The third-order valence-corrected chi connectivity index (χ3v) is 5.39. The summed E-state index contributed by atoms with van der Waals surface area (Å²) in [7, 11) is 0. The van der Waals surface area contributed by atoms with Crippen molar-refractivity contribution in [1.29, 1.82) is 0 Å². The fraction of sp³-hybridized carbons (Fsp3) is 0.300. The summed E-state index contributed by atoms with van der Waals surface area (Å²) in [6.07, 6.45) is -1.05. The molecule has 2 aromatic carbocycles. The van der Waals surface area contributed by atoms with Crippen LogP contribution in [0.15, 0.2) is 48.5 Å². The lowest BCUT2D eigenvalue weighted by atomic mass is 9.92. The summed E-state index contributed by atoms with van der Waals surface area (Å²) in [5.74, 6) is 1.31. The van der Waals surface area contributed by atoms with Crippen molar-refractivity contribution in [1.82, 2.24) is 15.7 Å². The molecular formula is C20H22ClN3O5. The van der Waals surface area contributed by atoms with E-state index in [-0.39, 0.29) is 6.03 Å². The third kappa shape index (κ3) is 4.23. The highest BCUT2D eigenvalue weighted by Crippen LogP contribution is 2.36. The molecule has 1 fully saturated rings. The first-order valence-corrected chi connectivity index (χ1v) is 9.28. The SMILES string of the molecule is CC1(C)N(Cc2ccc(Oc3ccc(Cl)cc3)cc2)C(=O)N[C@]1(C)OC(=O)NO. The van der Waals surface area contributed by atoms with Crippen LogP contribution in [0.5, 0.6) is 11.5 Å². The molecule has 0 spiro atoms. The van der Waals surface area contributed by atoms with Crippen LogP contribution < -0.4 is 15.5 Å². The standard InChI is InChI=1S/C20H22ClN3O5/c1-19(2)20(3,29-18(26)23-27)22-17(25)24(19)12-13-4-8-15(9-5-13)28-16-10-6-14(21)7-11-16/h4-11,27H,12H2,1-3H3,(H,22,25)(H,23,26)/t20-/m1/s1. The van der Waals surface area contributed by atoms with E-state index in [1.807, 2.05) is 12.1 Å². The Morgan fingerprint density at radius 3 is 2.21 bits per heavy atom. The molecule has 0 bridgehead atoms. The minimum absolute atomic E-state index is 0.291. The zero-order chi connectivity index (χ0) is 21.2. The molecule has 154 valence electrons. The van der Waals surface area contributed by atoms with Crippen molar-refractivity contribution in [3.8, 4) is 11.5 Å². The topological polar surface area (TPSA) is 100 Å². The summed E-state index contributed by atoms with van der Waals surface area (Å²) in [4.78, 5) is 25.5. The molecule has 9 heteroatoms. The molecule has 0 saturated carbocycles. The molecular weight excluding hydrogens is 398 g/mol. The van der Waals surface area contributed by atoms with Gasteiger partial charge in [0.1, 0.15) is 11.5 Å². The molecule has 0 radical (unpaired) electrons. The van der Waals surface area contributed by atoms with Gasteiger partial charge in [-0.25, -0.2) is 15.1 Å². The molecule has 0 aromatic heterocycles. The zero-order valence-corrected chi connectivity index (χ0v) is 17.0. The van der Waals surface area contributed by atoms with Gasteiger partial charge in [-0.05, 0) is 62.7 Å². The van der Waals surface area contributed by atoms with E-state index in [2.05, 4.69) is 5.32 Å². The molecule has 8 nitrogen and oxygen atoms in total. The van der Waals surface area contributed by atoms with Crippen LogP contribution in [-0.4, -0.2) is 33.5 Å². The first-order valence-electron chi connectivity index (χ1n) is 8.90. The minimum Gasteiger partial charge on any atom is -0.457 e. The molecule has 29 heavy (non-hydrogen) atoms. The van der Waals surface area contributed by atoms with Crippen molar-refractivity contribution in [3.63, 3.8) is 0 Å². The Hall–Kier alpha value is -2.97. The number of benzene rings is 2. The zero-order valence-electron chi connectivity index (χ0n) is 16.2. The lowest BCUT2D eigenvalue weighted by Gasteiger charge is -2.39. The number of carbonyl (C=O) groups excluding carboxylic acids is 2. The number of nitrogens with one attached hydrogen (secondary N) is 2. The summed E-state index contributed by atoms with van der Waals surface area (Å²) in [5.41, 5.74) is 0.0745. The van der Waals surface area contributed by atoms with Gasteiger partial charge in [0.15, 0.2) is 0 Å². The third-order valence-electron chi connectivity index (χ3n) is 5.13. The minimum atomic E-state index is -1.32. The van der Waals surface area contributed by atoms with E-state index in [1.165, 1.54) is 5.48 Å². The fourth-order valence-corrected chi connectivity index (χ4v) is 3.17. The van der Waals surface area contributed by atoms with Crippen molar-refractivity contribution >= 4 is 23.7 Å². The molecule has 1 aliphatic heterocycles. The van der Waals surface area contributed by atoms with Crippen LogP contribution >= 0.6 is 11.6 Å². The number of amides is 3. The molecule has 1 saturated heterocycles. The van der Waals surface area contributed by atoms with Crippen LogP contribution in [0.25, 0.3) is 0 Å². The van der Waals surface area contributed by atoms with Crippen LogP contribution in [0.4, 0.5) is 9.59 Å². The summed E-state index contributed by atoms with van der Waals surface area (Å²) in [6.45, 7) is 5.41. The first kappa shape index (κ1) is 20.8. The monoisotopic (exact) mass is 419 g/mol. The first-order chi connectivity index (χ1) is 13.6. The number of carbonyl (C=O) groups is 2. The van der Waals surface area contributed by atoms with Gasteiger partial charge in [0, 0.05) is 11.6 Å². The molecule has 1 aliphatic rings. The highest BCUT2D eigenvalue weighted by Gasteiger charge is 2.57. The molecule has 3 rings (SSSR count). The Kier molecular flexibility index (Phi) is 5.59. The summed E-state index contributed by atoms with van der Waals surface area (Å²) in [6, 6.07) is 14.0. The second-order valence-corrected chi connectivity index (χ2v) is 7.75. The van der Waals surface area contributed by atoms with E-state index < -0.39 is 17.4 Å². The maximum atomic E-state index is 12.5. The lowest BCUT2D eigenvalue weighted by molar-refractivity contribution is -0.0651. The van der Waals surface area contributed by atoms with Gasteiger partial charge in [-0.2, -0.15) is 0 Å². The highest BCUT2D eigenvalue weighted by molar-refractivity contribution is 6.30. The van der Waals surface area contributed by atoms with Gasteiger partial charge in [-0.1, -0.05) is 23.7 Å². The van der Waals surface area contributed by atoms with Gasteiger partial charge in [0.25, 0.3) is 0 Å². The number of halogens is 1. The number of rotatable bonds is 5. The smallest absolute Gasteiger partial charge is 0.433 e. The van der Waals surface area contributed by atoms with Crippen LogP contribution in [0.2, 0.25) is 5.02 Å². The van der Waals surface area contributed by atoms with Gasteiger partial charge < -0.3 is 14.4 Å². The highest BCUT2D eigenvalue weighted by atomic mass is 35.5. The van der Waals surface area contributed by atoms with E-state index in [0.29, 0.717) is 23.1 Å². The van der Waals surface area contributed by atoms with Gasteiger partial charge in [-0.3, -0.25) is 10.5 Å². The van der Waals surface area contributed by atoms with Crippen LogP contribution in [0.1, 0.15) is 26.3 Å².